The maximum absolute atomic E-state index is 11.8. The Morgan fingerprint density at radius 1 is 1.50 bits per heavy atom. The van der Waals surface area contributed by atoms with Crippen molar-refractivity contribution in [3.63, 3.8) is 0 Å². The predicted octanol–water partition coefficient (Wildman–Crippen LogP) is 1.51. The normalized spacial score (nSPS) is 24.1. The van der Waals surface area contributed by atoms with Crippen LogP contribution in [-0.4, -0.2) is 50.2 Å². The standard InChI is InChI=1S/C14H28N2O2/c1-5-7-15-13(14(17)18-6-2)10-16(4)9-12-8-11(12)3/h11-13,15H,5-10H2,1-4H3. The molecule has 0 amide bonds. The second-order valence-corrected chi connectivity index (χ2v) is 5.45. The Balaban J connectivity index is 2.35. The van der Waals surface area contributed by atoms with Gasteiger partial charge in [-0.1, -0.05) is 13.8 Å². The Morgan fingerprint density at radius 3 is 2.67 bits per heavy atom. The van der Waals surface area contributed by atoms with Crippen LogP contribution in [0, 0.1) is 11.8 Å². The van der Waals surface area contributed by atoms with E-state index in [-0.39, 0.29) is 12.0 Å². The van der Waals surface area contributed by atoms with Crippen LogP contribution >= 0.6 is 0 Å². The number of carbonyl (C=O) groups excluding carboxylic acids is 1. The molecule has 3 unspecified atom stereocenters. The third kappa shape index (κ3) is 5.36. The lowest BCUT2D eigenvalue weighted by Gasteiger charge is -2.23. The maximum atomic E-state index is 11.8. The smallest absolute Gasteiger partial charge is 0.324 e. The fourth-order valence-electron chi connectivity index (χ4n) is 2.22. The molecule has 4 nitrogen and oxygen atoms in total. The van der Waals surface area contributed by atoms with E-state index in [1.165, 1.54) is 6.42 Å². The van der Waals surface area contributed by atoms with Gasteiger partial charge in [0.15, 0.2) is 0 Å². The summed E-state index contributed by atoms with van der Waals surface area (Å²) in [6.07, 6.45) is 2.36. The molecule has 1 aliphatic rings. The zero-order valence-electron chi connectivity index (χ0n) is 12.2. The topological polar surface area (TPSA) is 41.6 Å². The SMILES string of the molecule is CCCNC(CN(C)CC1CC1C)C(=O)OCC. The number of ether oxygens (including phenoxy) is 1. The Morgan fingerprint density at radius 2 is 2.17 bits per heavy atom. The minimum atomic E-state index is -0.191. The molecule has 0 aromatic carbocycles. The van der Waals surface area contributed by atoms with Gasteiger partial charge in [0.1, 0.15) is 6.04 Å². The van der Waals surface area contributed by atoms with Gasteiger partial charge in [0.25, 0.3) is 0 Å². The molecule has 0 saturated heterocycles. The van der Waals surface area contributed by atoms with E-state index in [0.717, 1.165) is 37.9 Å². The number of nitrogens with zero attached hydrogens (tertiary/aromatic N) is 1. The molecule has 1 rings (SSSR count). The summed E-state index contributed by atoms with van der Waals surface area (Å²) in [6, 6.07) is -0.191. The van der Waals surface area contributed by atoms with Crippen molar-refractivity contribution in [1.29, 1.82) is 0 Å². The second-order valence-electron chi connectivity index (χ2n) is 5.45. The molecule has 1 saturated carbocycles. The van der Waals surface area contributed by atoms with Crippen LogP contribution in [0.3, 0.4) is 0 Å². The van der Waals surface area contributed by atoms with Gasteiger partial charge < -0.3 is 15.0 Å². The molecule has 3 atom stereocenters. The molecule has 4 heteroatoms. The van der Waals surface area contributed by atoms with E-state index in [9.17, 15) is 4.79 Å². The summed E-state index contributed by atoms with van der Waals surface area (Å²) < 4.78 is 5.12. The minimum absolute atomic E-state index is 0.123. The average molecular weight is 256 g/mol. The van der Waals surface area contributed by atoms with Crippen molar-refractivity contribution in [3.8, 4) is 0 Å². The molecule has 1 N–H and O–H groups in total. The number of rotatable bonds is 9. The van der Waals surface area contributed by atoms with Crippen molar-refractivity contribution in [2.45, 2.75) is 39.7 Å². The van der Waals surface area contributed by atoms with Crippen molar-refractivity contribution < 1.29 is 9.53 Å². The van der Waals surface area contributed by atoms with E-state index in [1.54, 1.807) is 0 Å². The highest BCUT2D eigenvalue weighted by molar-refractivity contribution is 5.76. The Bertz CT molecular complexity index is 258. The van der Waals surface area contributed by atoms with Crippen LogP contribution in [-0.2, 0) is 9.53 Å². The van der Waals surface area contributed by atoms with Crippen LogP contribution in [0.5, 0.6) is 0 Å². The van der Waals surface area contributed by atoms with Crippen molar-refractivity contribution in [3.05, 3.63) is 0 Å². The van der Waals surface area contributed by atoms with Gasteiger partial charge in [-0.2, -0.15) is 0 Å². The van der Waals surface area contributed by atoms with Gasteiger partial charge in [-0.05, 0) is 45.2 Å². The van der Waals surface area contributed by atoms with Gasteiger partial charge in [0, 0.05) is 13.1 Å². The Kier molecular flexibility index (Phi) is 6.65. The Hall–Kier alpha value is -0.610. The minimum Gasteiger partial charge on any atom is -0.465 e. The molecular weight excluding hydrogens is 228 g/mol. The average Bonchev–Trinajstić information content (AvgIpc) is 3.00. The third-order valence-electron chi connectivity index (χ3n) is 3.53. The van der Waals surface area contributed by atoms with Crippen molar-refractivity contribution in [2.24, 2.45) is 11.8 Å². The van der Waals surface area contributed by atoms with E-state index in [0.29, 0.717) is 6.61 Å². The second kappa shape index (κ2) is 7.74. The van der Waals surface area contributed by atoms with Gasteiger partial charge in [0.2, 0.25) is 0 Å². The van der Waals surface area contributed by atoms with Crippen molar-refractivity contribution in [1.82, 2.24) is 10.2 Å². The number of nitrogens with one attached hydrogen (secondary N) is 1. The van der Waals surface area contributed by atoms with Gasteiger partial charge in [-0.3, -0.25) is 4.79 Å². The number of carbonyl (C=O) groups is 1. The molecule has 0 aromatic heterocycles. The molecule has 0 bridgehead atoms. The number of likely N-dealkylation sites (N-methyl/N-ethyl adjacent to an activating group) is 1. The summed E-state index contributed by atoms with van der Waals surface area (Å²) in [6.45, 7) is 9.38. The molecule has 18 heavy (non-hydrogen) atoms. The largest absolute Gasteiger partial charge is 0.465 e. The highest BCUT2D eigenvalue weighted by atomic mass is 16.5. The monoisotopic (exact) mass is 256 g/mol. The van der Waals surface area contributed by atoms with Crippen LogP contribution in [0.2, 0.25) is 0 Å². The highest BCUT2D eigenvalue weighted by Gasteiger charge is 2.33. The number of hydrogen-bond donors (Lipinski definition) is 1. The van der Waals surface area contributed by atoms with Crippen LogP contribution in [0.25, 0.3) is 0 Å². The van der Waals surface area contributed by atoms with Gasteiger partial charge in [-0.25, -0.2) is 0 Å². The molecule has 1 fully saturated rings. The van der Waals surface area contributed by atoms with E-state index < -0.39 is 0 Å². The summed E-state index contributed by atoms with van der Waals surface area (Å²) >= 11 is 0. The summed E-state index contributed by atoms with van der Waals surface area (Å²) in [5.74, 6) is 1.56. The molecule has 0 aliphatic heterocycles. The van der Waals surface area contributed by atoms with Crippen LogP contribution < -0.4 is 5.32 Å². The Labute approximate surface area is 111 Å². The lowest BCUT2D eigenvalue weighted by molar-refractivity contribution is -0.146. The van der Waals surface area contributed by atoms with Crippen LogP contribution in [0.4, 0.5) is 0 Å². The molecule has 0 spiro atoms. The zero-order chi connectivity index (χ0) is 13.5. The van der Waals surface area contributed by atoms with Crippen LogP contribution in [0.1, 0.15) is 33.6 Å². The summed E-state index contributed by atoms with van der Waals surface area (Å²) in [5.41, 5.74) is 0. The molecular formula is C14H28N2O2. The van der Waals surface area contributed by atoms with Crippen molar-refractivity contribution in [2.75, 3.05) is 33.3 Å². The first kappa shape index (κ1) is 15.4. The summed E-state index contributed by atoms with van der Waals surface area (Å²) in [7, 11) is 2.09. The molecule has 106 valence electrons. The maximum Gasteiger partial charge on any atom is 0.324 e. The third-order valence-corrected chi connectivity index (χ3v) is 3.53. The zero-order valence-corrected chi connectivity index (χ0v) is 12.2. The van der Waals surface area contributed by atoms with Gasteiger partial charge in [0.05, 0.1) is 6.61 Å². The lowest BCUT2D eigenvalue weighted by atomic mass is 10.2. The first-order chi connectivity index (χ1) is 8.58. The number of hydrogen-bond acceptors (Lipinski definition) is 4. The quantitative estimate of drug-likeness (QED) is 0.635. The molecule has 1 aliphatic carbocycles. The first-order valence-electron chi connectivity index (χ1n) is 7.17. The summed E-state index contributed by atoms with van der Waals surface area (Å²) in [5, 5.41) is 3.27. The van der Waals surface area contributed by atoms with Gasteiger partial charge >= 0.3 is 5.97 Å². The van der Waals surface area contributed by atoms with E-state index in [4.69, 9.17) is 4.74 Å². The molecule has 0 aromatic rings. The van der Waals surface area contributed by atoms with E-state index >= 15 is 0 Å². The van der Waals surface area contributed by atoms with Crippen LogP contribution in [0.15, 0.2) is 0 Å². The molecule has 0 heterocycles. The lowest BCUT2D eigenvalue weighted by Crippen LogP contribution is -2.46. The first-order valence-corrected chi connectivity index (χ1v) is 7.17. The van der Waals surface area contributed by atoms with Crippen molar-refractivity contribution >= 4 is 5.97 Å². The fraction of sp³-hybridized carbons (Fsp3) is 0.929. The fourth-order valence-corrected chi connectivity index (χ4v) is 2.22. The van der Waals surface area contributed by atoms with E-state index in [1.807, 2.05) is 6.92 Å². The summed E-state index contributed by atoms with van der Waals surface area (Å²) in [4.78, 5) is 14.1. The predicted molar refractivity (Wildman–Crippen MR) is 73.5 cm³/mol. The number of esters is 1. The molecule has 0 radical (unpaired) electrons. The van der Waals surface area contributed by atoms with E-state index in [2.05, 4.69) is 31.1 Å². The highest BCUT2D eigenvalue weighted by Crippen LogP contribution is 2.37. The van der Waals surface area contributed by atoms with Gasteiger partial charge in [-0.15, -0.1) is 0 Å².